The average Bonchev–Trinajstić information content (AvgIpc) is 3.45. The van der Waals surface area contributed by atoms with Crippen LogP contribution in [0.3, 0.4) is 0 Å². The second-order valence-electron chi connectivity index (χ2n) is 10.6. The lowest BCUT2D eigenvalue weighted by Crippen LogP contribution is -2.29. The first-order valence-corrected chi connectivity index (χ1v) is 13.5. The zero-order valence-electron chi connectivity index (χ0n) is 22.5. The molecule has 6 rings (SSSR count). The van der Waals surface area contributed by atoms with E-state index in [4.69, 9.17) is 4.74 Å². The molecule has 9 heteroatoms. The van der Waals surface area contributed by atoms with Crippen molar-refractivity contribution in [3.8, 4) is 16.9 Å². The molecule has 0 saturated carbocycles. The predicted octanol–water partition coefficient (Wildman–Crippen LogP) is 5.67. The normalized spacial score (nSPS) is 16.2. The summed E-state index contributed by atoms with van der Waals surface area (Å²) in [6.07, 6.45) is 4.62. The number of anilines is 2. The molecule has 1 fully saturated rings. The number of rotatable bonds is 5. The minimum Gasteiger partial charge on any atom is -0.497 e. The predicted molar refractivity (Wildman–Crippen MR) is 150 cm³/mol. The van der Waals surface area contributed by atoms with E-state index in [2.05, 4.69) is 15.3 Å². The molecular weight excluding hydrogens is 500 g/mol. The number of aryl methyl sites for hydroxylation is 3. The molecule has 1 saturated heterocycles. The van der Waals surface area contributed by atoms with Gasteiger partial charge in [0.25, 0.3) is 12.0 Å². The van der Waals surface area contributed by atoms with Crippen LogP contribution in [0.2, 0.25) is 0 Å². The Kier molecular flexibility index (Phi) is 6.62. The smallest absolute Gasteiger partial charge is 0.264 e. The molecule has 4 heterocycles. The number of aromatic nitrogens is 3. The van der Waals surface area contributed by atoms with Gasteiger partial charge in [-0.1, -0.05) is 0 Å². The first-order chi connectivity index (χ1) is 18.9. The summed E-state index contributed by atoms with van der Waals surface area (Å²) >= 11 is 0. The van der Waals surface area contributed by atoms with Crippen LogP contribution in [0.4, 0.5) is 20.2 Å². The average molecular weight is 534 g/mol. The van der Waals surface area contributed by atoms with Crippen LogP contribution in [0.1, 0.15) is 48.4 Å². The van der Waals surface area contributed by atoms with Gasteiger partial charge in [0.1, 0.15) is 5.75 Å². The topological polar surface area (TPSA) is 64.3 Å². The van der Waals surface area contributed by atoms with Gasteiger partial charge in [0.05, 0.1) is 30.6 Å². The van der Waals surface area contributed by atoms with Crippen LogP contribution < -0.4 is 20.5 Å². The summed E-state index contributed by atoms with van der Waals surface area (Å²) in [4.78, 5) is 14.8. The summed E-state index contributed by atoms with van der Waals surface area (Å²) in [6.45, 7) is 4.34. The summed E-state index contributed by atoms with van der Waals surface area (Å²) in [7, 11) is 3.34. The van der Waals surface area contributed by atoms with Gasteiger partial charge in [0, 0.05) is 59.7 Å². The van der Waals surface area contributed by atoms with Crippen LogP contribution >= 0.6 is 0 Å². The molecule has 2 aromatic carbocycles. The Morgan fingerprint density at radius 1 is 1.10 bits per heavy atom. The Morgan fingerprint density at radius 3 is 2.64 bits per heavy atom. The molecular formula is C30H33F2N5O2. The van der Waals surface area contributed by atoms with Crippen molar-refractivity contribution in [2.24, 2.45) is 7.05 Å². The molecule has 0 amide bonds. The highest BCUT2D eigenvalue weighted by Gasteiger charge is 2.27. The van der Waals surface area contributed by atoms with E-state index in [9.17, 15) is 13.6 Å². The molecule has 2 aromatic heterocycles. The highest BCUT2D eigenvalue weighted by molar-refractivity contribution is 5.96. The molecule has 0 unspecified atom stereocenters. The SMILES string of the molecule is COc1cc(N2CCCc3cc(-c4cnn(C5CCNCC5)c4)c(C(F)F)cc32)c2cc(C)c(=O)n(C)c2c1. The molecule has 204 valence electrons. The molecule has 0 aliphatic carbocycles. The molecule has 2 aliphatic heterocycles. The Morgan fingerprint density at radius 2 is 1.90 bits per heavy atom. The van der Waals surface area contributed by atoms with E-state index >= 15 is 0 Å². The van der Waals surface area contributed by atoms with Crippen molar-refractivity contribution in [3.63, 3.8) is 0 Å². The maximum Gasteiger partial charge on any atom is 0.264 e. The number of fused-ring (bicyclic) bond motifs is 2. The quantitative estimate of drug-likeness (QED) is 0.358. The van der Waals surface area contributed by atoms with Crippen molar-refractivity contribution in [3.05, 3.63) is 69.8 Å². The van der Waals surface area contributed by atoms with Crippen LogP contribution in [0.5, 0.6) is 5.75 Å². The number of piperidine rings is 1. The molecule has 1 N–H and O–H groups in total. The third-order valence-electron chi connectivity index (χ3n) is 8.20. The Labute approximate surface area is 226 Å². The Bertz CT molecular complexity index is 1600. The zero-order chi connectivity index (χ0) is 27.3. The fraction of sp³-hybridized carbons (Fsp3) is 0.400. The second-order valence-corrected chi connectivity index (χ2v) is 10.6. The van der Waals surface area contributed by atoms with Crippen molar-refractivity contribution >= 4 is 22.3 Å². The number of alkyl halides is 2. The van der Waals surface area contributed by atoms with Gasteiger partial charge >= 0.3 is 0 Å². The number of ether oxygens (including phenoxy) is 1. The molecule has 0 atom stereocenters. The molecule has 2 aliphatic rings. The van der Waals surface area contributed by atoms with Gasteiger partial charge in [-0.3, -0.25) is 9.48 Å². The van der Waals surface area contributed by atoms with E-state index in [1.165, 1.54) is 0 Å². The van der Waals surface area contributed by atoms with E-state index in [1.807, 2.05) is 35.1 Å². The van der Waals surface area contributed by atoms with Gasteiger partial charge in [0.2, 0.25) is 0 Å². The fourth-order valence-electron chi connectivity index (χ4n) is 6.09. The third kappa shape index (κ3) is 4.48. The van der Waals surface area contributed by atoms with Gasteiger partial charge < -0.3 is 19.5 Å². The maximum absolute atomic E-state index is 14.6. The zero-order valence-corrected chi connectivity index (χ0v) is 22.5. The van der Waals surface area contributed by atoms with Crippen molar-refractivity contribution in [1.29, 1.82) is 0 Å². The lowest BCUT2D eigenvalue weighted by Gasteiger charge is -2.34. The van der Waals surface area contributed by atoms with Crippen molar-refractivity contribution in [2.45, 2.75) is 45.1 Å². The van der Waals surface area contributed by atoms with Crippen LogP contribution in [-0.2, 0) is 13.5 Å². The number of methoxy groups -OCH3 is 1. The Balaban J connectivity index is 1.49. The number of hydrogen-bond donors (Lipinski definition) is 1. The van der Waals surface area contributed by atoms with Crippen molar-refractivity contribution < 1.29 is 13.5 Å². The molecule has 0 radical (unpaired) electrons. The minimum absolute atomic E-state index is 0.00120. The summed E-state index contributed by atoms with van der Waals surface area (Å²) in [6, 6.07) is 9.52. The van der Waals surface area contributed by atoms with E-state index in [0.29, 0.717) is 23.4 Å². The lowest BCUT2D eigenvalue weighted by atomic mass is 9.92. The maximum atomic E-state index is 14.6. The highest BCUT2D eigenvalue weighted by Crippen LogP contribution is 2.44. The number of nitrogens with zero attached hydrogens (tertiary/aromatic N) is 4. The van der Waals surface area contributed by atoms with Crippen LogP contribution in [0, 0.1) is 6.92 Å². The molecule has 0 spiro atoms. The number of halogens is 2. The monoisotopic (exact) mass is 533 g/mol. The number of pyridine rings is 1. The van der Waals surface area contributed by atoms with Gasteiger partial charge in [-0.25, -0.2) is 8.78 Å². The molecule has 4 aromatic rings. The number of nitrogens with one attached hydrogen (secondary N) is 1. The van der Waals surface area contributed by atoms with E-state index in [-0.39, 0.29) is 17.2 Å². The second kappa shape index (κ2) is 10.1. The molecule has 39 heavy (non-hydrogen) atoms. The fourth-order valence-corrected chi connectivity index (χ4v) is 6.09. The van der Waals surface area contributed by atoms with Crippen LogP contribution in [0.25, 0.3) is 22.0 Å². The largest absolute Gasteiger partial charge is 0.497 e. The van der Waals surface area contributed by atoms with E-state index in [1.54, 1.807) is 37.9 Å². The van der Waals surface area contributed by atoms with Gasteiger partial charge in [0.15, 0.2) is 0 Å². The standard InChI is InChI=1S/C30H33F2N5O2/c1-18-11-25-27(35(2)30(18)38)13-22(39-3)14-28(25)36-10-4-5-19-12-23(24(29(31)32)15-26(19)36)20-16-34-37(17-20)21-6-8-33-9-7-21/h11-17,21,29,33H,4-10H2,1-3H3. The van der Waals surface area contributed by atoms with Gasteiger partial charge in [-0.15, -0.1) is 0 Å². The van der Waals surface area contributed by atoms with E-state index < -0.39 is 6.43 Å². The molecule has 0 bridgehead atoms. The van der Waals surface area contributed by atoms with Gasteiger partial charge in [-0.05, 0) is 75.0 Å². The lowest BCUT2D eigenvalue weighted by molar-refractivity contribution is 0.152. The third-order valence-corrected chi connectivity index (χ3v) is 8.20. The Hall–Kier alpha value is -3.72. The van der Waals surface area contributed by atoms with Gasteiger partial charge in [-0.2, -0.15) is 5.10 Å². The molecule has 7 nitrogen and oxygen atoms in total. The van der Waals surface area contributed by atoms with Crippen molar-refractivity contribution in [2.75, 3.05) is 31.6 Å². The summed E-state index contributed by atoms with van der Waals surface area (Å²) in [5.41, 5.74) is 5.19. The van der Waals surface area contributed by atoms with Crippen LogP contribution in [-0.4, -0.2) is 41.1 Å². The van der Waals surface area contributed by atoms with Crippen molar-refractivity contribution in [1.82, 2.24) is 19.7 Å². The minimum atomic E-state index is -2.64. The summed E-state index contributed by atoms with van der Waals surface area (Å²) in [5, 5.41) is 8.80. The first kappa shape index (κ1) is 25.6. The number of hydrogen-bond acceptors (Lipinski definition) is 5. The number of benzene rings is 2. The van der Waals surface area contributed by atoms with E-state index in [0.717, 1.165) is 72.2 Å². The van der Waals surface area contributed by atoms with Crippen LogP contribution in [0.15, 0.2) is 47.5 Å². The first-order valence-electron chi connectivity index (χ1n) is 13.5. The highest BCUT2D eigenvalue weighted by atomic mass is 19.3. The summed E-state index contributed by atoms with van der Waals surface area (Å²) < 4.78 is 38.3. The summed E-state index contributed by atoms with van der Waals surface area (Å²) in [5.74, 6) is 0.611.